The lowest BCUT2D eigenvalue weighted by molar-refractivity contribution is 1.33. The summed E-state index contributed by atoms with van der Waals surface area (Å²) in [6.07, 6.45) is 3.68. The summed E-state index contributed by atoms with van der Waals surface area (Å²) in [6.45, 7) is 2.16. The Morgan fingerprint density at radius 1 is 0.349 bits per heavy atom. The maximum absolute atomic E-state index is 4.14. The molecule has 0 spiro atoms. The second kappa shape index (κ2) is 10.4. The third-order valence-electron chi connectivity index (χ3n) is 8.62. The first-order chi connectivity index (χ1) is 21.2. The van der Waals surface area contributed by atoms with Crippen molar-refractivity contribution in [3.05, 3.63) is 164 Å². The Morgan fingerprint density at radius 3 is 1.30 bits per heavy atom. The first kappa shape index (κ1) is 25.2. The number of pyridine rings is 1. The van der Waals surface area contributed by atoms with Gasteiger partial charge in [-0.25, -0.2) is 0 Å². The van der Waals surface area contributed by atoms with Crippen LogP contribution in [0.1, 0.15) is 5.56 Å². The van der Waals surface area contributed by atoms with Gasteiger partial charge in [0.2, 0.25) is 0 Å². The van der Waals surface area contributed by atoms with E-state index in [2.05, 4.69) is 145 Å². The fourth-order valence-corrected chi connectivity index (χ4v) is 6.50. The van der Waals surface area contributed by atoms with E-state index in [-0.39, 0.29) is 0 Å². The lowest BCUT2D eigenvalue weighted by atomic mass is 9.85. The van der Waals surface area contributed by atoms with Crippen molar-refractivity contribution in [1.82, 2.24) is 4.98 Å². The zero-order valence-electron chi connectivity index (χ0n) is 24.0. The van der Waals surface area contributed by atoms with Crippen LogP contribution < -0.4 is 0 Å². The van der Waals surface area contributed by atoms with Crippen LogP contribution in [0.15, 0.2) is 158 Å². The van der Waals surface area contributed by atoms with Gasteiger partial charge in [0.25, 0.3) is 0 Å². The molecule has 0 aliphatic rings. The monoisotopic (exact) mass is 547 g/mol. The van der Waals surface area contributed by atoms with E-state index in [1.165, 1.54) is 82.4 Å². The van der Waals surface area contributed by atoms with Gasteiger partial charge in [-0.05, 0) is 102 Å². The van der Waals surface area contributed by atoms with E-state index in [0.717, 1.165) is 0 Å². The molecule has 0 unspecified atom stereocenters. The highest BCUT2D eigenvalue weighted by Crippen LogP contribution is 2.44. The maximum atomic E-state index is 4.14. The van der Waals surface area contributed by atoms with Gasteiger partial charge in [0.15, 0.2) is 0 Å². The molecule has 0 atom stereocenters. The van der Waals surface area contributed by atoms with E-state index in [1.807, 2.05) is 24.5 Å². The normalized spacial score (nSPS) is 11.4. The van der Waals surface area contributed by atoms with Crippen molar-refractivity contribution >= 4 is 32.3 Å². The van der Waals surface area contributed by atoms with Crippen LogP contribution in [-0.2, 0) is 0 Å². The Morgan fingerprint density at radius 2 is 0.767 bits per heavy atom. The molecule has 0 N–H and O–H groups in total. The highest BCUT2D eigenvalue weighted by Gasteiger charge is 2.17. The summed E-state index contributed by atoms with van der Waals surface area (Å²) in [5.74, 6) is 0. The van der Waals surface area contributed by atoms with Crippen LogP contribution in [-0.4, -0.2) is 4.98 Å². The van der Waals surface area contributed by atoms with Crippen molar-refractivity contribution in [3.8, 4) is 44.5 Å². The topological polar surface area (TPSA) is 12.9 Å². The number of hydrogen-bond acceptors (Lipinski definition) is 1. The van der Waals surface area contributed by atoms with Gasteiger partial charge in [-0.2, -0.15) is 0 Å². The molecule has 1 heteroatoms. The molecule has 0 saturated carbocycles. The lowest BCUT2D eigenvalue weighted by Crippen LogP contribution is -1.91. The summed E-state index contributed by atoms with van der Waals surface area (Å²) in [5, 5.41) is 7.65. The van der Waals surface area contributed by atoms with E-state index in [0.29, 0.717) is 0 Å². The van der Waals surface area contributed by atoms with Crippen molar-refractivity contribution in [1.29, 1.82) is 0 Å². The molecule has 0 radical (unpaired) electrons. The molecule has 0 aliphatic carbocycles. The molecule has 1 nitrogen and oxygen atoms in total. The average Bonchev–Trinajstić information content (AvgIpc) is 3.07. The minimum absolute atomic E-state index is 1.18. The molecule has 0 aliphatic heterocycles. The molecule has 8 aromatic rings. The smallest absolute Gasteiger partial charge is 0.0273 e. The fourth-order valence-electron chi connectivity index (χ4n) is 6.50. The van der Waals surface area contributed by atoms with Crippen LogP contribution in [0.3, 0.4) is 0 Å². The first-order valence-corrected chi connectivity index (χ1v) is 14.8. The zero-order valence-corrected chi connectivity index (χ0v) is 24.0. The van der Waals surface area contributed by atoms with Crippen molar-refractivity contribution in [2.75, 3.05) is 0 Å². The van der Waals surface area contributed by atoms with Crippen LogP contribution in [0.2, 0.25) is 0 Å². The van der Waals surface area contributed by atoms with Gasteiger partial charge in [-0.3, -0.25) is 4.98 Å². The number of benzene rings is 7. The first-order valence-electron chi connectivity index (χ1n) is 14.8. The number of fused-ring (bicyclic) bond motifs is 3. The minimum Gasteiger partial charge on any atom is -0.265 e. The van der Waals surface area contributed by atoms with E-state index in [4.69, 9.17) is 0 Å². The largest absolute Gasteiger partial charge is 0.265 e. The summed E-state index contributed by atoms with van der Waals surface area (Å²) >= 11 is 0. The Kier molecular flexibility index (Phi) is 6.09. The third kappa shape index (κ3) is 4.47. The fraction of sp³-hybridized carbons (Fsp3) is 0.0238. The molecular formula is C42H29N. The van der Waals surface area contributed by atoms with Crippen LogP contribution >= 0.6 is 0 Å². The summed E-state index contributed by atoms with van der Waals surface area (Å²) < 4.78 is 0. The Labute approximate surface area is 251 Å². The summed E-state index contributed by atoms with van der Waals surface area (Å²) in [7, 11) is 0. The molecule has 1 aromatic heterocycles. The van der Waals surface area contributed by atoms with Gasteiger partial charge in [-0.1, -0.05) is 133 Å². The lowest BCUT2D eigenvalue weighted by Gasteiger charge is -2.18. The van der Waals surface area contributed by atoms with Crippen molar-refractivity contribution < 1.29 is 0 Å². The van der Waals surface area contributed by atoms with E-state index < -0.39 is 0 Å². The van der Waals surface area contributed by atoms with Crippen LogP contribution in [0.25, 0.3) is 76.8 Å². The Balaban J connectivity index is 1.26. The molecule has 0 fully saturated rings. The predicted molar refractivity (Wildman–Crippen MR) is 183 cm³/mol. The van der Waals surface area contributed by atoms with Gasteiger partial charge >= 0.3 is 0 Å². The van der Waals surface area contributed by atoms with Crippen LogP contribution in [0.5, 0.6) is 0 Å². The van der Waals surface area contributed by atoms with Crippen molar-refractivity contribution in [2.45, 2.75) is 6.92 Å². The molecule has 202 valence electrons. The Hall–Kier alpha value is -5.53. The van der Waals surface area contributed by atoms with Crippen LogP contribution in [0, 0.1) is 6.92 Å². The molecule has 0 saturated heterocycles. The van der Waals surface area contributed by atoms with Crippen LogP contribution in [0.4, 0.5) is 0 Å². The number of nitrogens with zero attached hydrogens (tertiary/aromatic N) is 1. The Bertz CT molecular complexity index is 2200. The molecule has 0 amide bonds. The molecule has 43 heavy (non-hydrogen) atoms. The van der Waals surface area contributed by atoms with Crippen molar-refractivity contribution in [2.24, 2.45) is 0 Å². The molecule has 7 aromatic carbocycles. The summed E-state index contributed by atoms with van der Waals surface area (Å²) in [5.41, 5.74) is 11.1. The summed E-state index contributed by atoms with van der Waals surface area (Å²) in [4.78, 5) is 4.14. The third-order valence-corrected chi connectivity index (χ3v) is 8.62. The molecule has 1 heterocycles. The van der Waals surface area contributed by atoms with Crippen molar-refractivity contribution in [3.63, 3.8) is 0 Å². The number of aromatic nitrogens is 1. The highest BCUT2D eigenvalue weighted by molar-refractivity contribution is 6.21. The maximum Gasteiger partial charge on any atom is 0.0273 e. The van der Waals surface area contributed by atoms with Gasteiger partial charge in [-0.15, -0.1) is 0 Å². The quantitative estimate of drug-likeness (QED) is 0.200. The van der Waals surface area contributed by atoms with Gasteiger partial charge < -0.3 is 0 Å². The second-order valence-electron chi connectivity index (χ2n) is 11.3. The molecular weight excluding hydrogens is 518 g/mol. The zero-order chi connectivity index (χ0) is 28.8. The van der Waals surface area contributed by atoms with E-state index >= 15 is 0 Å². The van der Waals surface area contributed by atoms with E-state index in [1.54, 1.807) is 0 Å². The van der Waals surface area contributed by atoms with Gasteiger partial charge in [0.1, 0.15) is 0 Å². The SMILES string of the molecule is Cc1ccc2ccc(-c3c4ccccc4c(-c4ccc(-c5ccc(-c6ccncc6)cc5)cc4)c4ccccc34)cc2c1. The second-order valence-corrected chi connectivity index (χ2v) is 11.3. The average molecular weight is 548 g/mol. The standard InChI is InChI=1S/C42H29N/c1-28-10-11-32-18-21-35(27-36(32)26-28)42-39-8-4-2-6-37(39)41(38-7-3-5-9-40(38)42)34-19-16-30(17-20-34)29-12-14-31(15-13-29)33-22-24-43-25-23-33/h2-27H,1H3. The predicted octanol–water partition coefficient (Wildman–Crippen LogP) is 11.5. The van der Waals surface area contributed by atoms with Gasteiger partial charge in [0.05, 0.1) is 0 Å². The van der Waals surface area contributed by atoms with Gasteiger partial charge in [0, 0.05) is 12.4 Å². The number of hydrogen-bond donors (Lipinski definition) is 0. The number of rotatable bonds is 4. The molecule has 8 rings (SSSR count). The summed E-state index contributed by atoms with van der Waals surface area (Å²) in [6, 6.07) is 53.2. The van der Waals surface area contributed by atoms with E-state index in [9.17, 15) is 0 Å². The number of aryl methyl sites for hydroxylation is 1. The highest BCUT2D eigenvalue weighted by atomic mass is 14.6. The molecule has 0 bridgehead atoms. The minimum atomic E-state index is 1.18.